The molecule has 2 heterocycles. The van der Waals surface area contributed by atoms with Gasteiger partial charge < -0.3 is 9.80 Å². The van der Waals surface area contributed by atoms with Gasteiger partial charge in [-0.15, -0.1) is 0 Å². The number of piperidine rings is 1. The van der Waals surface area contributed by atoms with Crippen LogP contribution in [0.1, 0.15) is 54.4 Å². The lowest BCUT2D eigenvalue weighted by Crippen LogP contribution is -2.52. The smallest absolute Gasteiger partial charge is 0.00385 e. The van der Waals surface area contributed by atoms with E-state index in [1.165, 1.54) is 45.6 Å². The van der Waals surface area contributed by atoms with Crippen molar-refractivity contribution in [3.8, 4) is 0 Å². The quantitative estimate of drug-likeness (QED) is 0.761. The number of hydrogen-bond donors (Lipinski definition) is 0. The van der Waals surface area contributed by atoms with Crippen molar-refractivity contribution in [1.29, 1.82) is 0 Å². The van der Waals surface area contributed by atoms with Crippen LogP contribution in [-0.4, -0.2) is 48.6 Å². The Morgan fingerprint density at radius 3 is 2.00 bits per heavy atom. The van der Waals surface area contributed by atoms with E-state index in [0.29, 0.717) is 5.41 Å². The Labute approximate surface area is 115 Å². The van der Waals surface area contributed by atoms with Gasteiger partial charge in [-0.25, -0.2) is 0 Å². The summed E-state index contributed by atoms with van der Waals surface area (Å²) in [5, 5.41) is 0. The Morgan fingerprint density at radius 2 is 1.61 bits per heavy atom. The zero-order valence-corrected chi connectivity index (χ0v) is 13.5. The monoisotopic (exact) mass is 254 g/mol. The highest BCUT2D eigenvalue weighted by atomic mass is 15.2. The van der Waals surface area contributed by atoms with Crippen LogP contribution in [0.4, 0.5) is 0 Å². The molecule has 0 aromatic carbocycles. The summed E-state index contributed by atoms with van der Waals surface area (Å²) >= 11 is 0. The molecule has 108 valence electrons. The SMILES string of the molecule is CC.CC1CN(CC2(C)CCN(C(C)C)CC2)C1. The van der Waals surface area contributed by atoms with E-state index < -0.39 is 0 Å². The molecule has 0 radical (unpaired) electrons. The minimum absolute atomic E-state index is 0.589. The summed E-state index contributed by atoms with van der Waals surface area (Å²) in [4.78, 5) is 5.27. The van der Waals surface area contributed by atoms with Gasteiger partial charge in [0.15, 0.2) is 0 Å². The lowest BCUT2D eigenvalue weighted by molar-refractivity contribution is 0.0190. The zero-order chi connectivity index (χ0) is 13.8. The van der Waals surface area contributed by atoms with Gasteiger partial charge in [0.05, 0.1) is 0 Å². The van der Waals surface area contributed by atoms with Crippen molar-refractivity contribution >= 4 is 0 Å². The number of nitrogens with zero attached hydrogens (tertiary/aromatic N) is 2. The fourth-order valence-electron chi connectivity index (χ4n) is 3.24. The third kappa shape index (κ3) is 4.24. The van der Waals surface area contributed by atoms with Crippen LogP contribution in [0.25, 0.3) is 0 Å². The maximum Gasteiger partial charge on any atom is 0.00385 e. The summed E-state index contributed by atoms with van der Waals surface area (Å²) in [6.45, 7) is 20.1. The molecule has 0 spiro atoms. The van der Waals surface area contributed by atoms with Gasteiger partial charge in [-0.2, -0.15) is 0 Å². The third-order valence-corrected chi connectivity index (χ3v) is 4.48. The molecule has 2 fully saturated rings. The molecule has 2 nitrogen and oxygen atoms in total. The van der Waals surface area contributed by atoms with E-state index in [0.717, 1.165) is 12.0 Å². The van der Waals surface area contributed by atoms with E-state index in [9.17, 15) is 0 Å². The predicted molar refractivity (Wildman–Crippen MR) is 81.0 cm³/mol. The van der Waals surface area contributed by atoms with Crippen LogP contribution < -0.4 is 0 Å². The topological polar surface area (TPSA) is 6.48 Å². The molecule has 2 aliphatic heterocycles. The van der Waals surface area contributed by atoms with Gasteiger partial charge >= 0.3 is 0 Å². The fraction of sp³-hybridized carbons (Fsp3) is 1.00. The largest absolute Gasteiger partial charge is 0.302 e. The zero-order valence-electron chi connectivity index (χ0n) is 13.5. The molecule has 2 aliphatic rings. The van der Waals surface area contributed by atoms with E-state index in [-0.39, 0.29) is 0 Å². The van der Waals surface area contributed by atoms with Crippen molar-refractivity contribution in [1.82, 2.24) is 9.80 Å². The van der Waals surface area contributed by atoms with E-state index in [1.54, 1.807) is 0 Å². The minimum atomic E-state index is 0.589. The first kappa shape index (κ1) is 16.0. The fourth-order valence-corrected chi connectivity index (χ4v) is 3.24. The third-order valence-electron chi connectivity index (χ3n) is 4.48. The molecule has 2 rings (SSSR count). The Morgan fingerprint density at radius 1 is 1.11 bits per heavy atom. The van der Waals surface area contributed by atoms with Crippen molar-refractivity contribution in [2.75, 3.05) is 32.7 Å². The summed E-state index contributed by atoms with van der Waals surface area (Å²) in [6.07, 6.45) is 2.77. The van der Waals surface area contributed by atoms with E-state index >= 15 is 0 Å². The summed E-state index contributed by atoms with van der Waals surface area (Å²) < 4.78 is 0. The lowest BCUT2D eigenvalue weighted by atomic mass is 9.78. The summed E-state index contributed by atoms with van der Waals surface area (Å²) in [5.74, 6) is 0.944. The molecule has 0 aromatic heterocycles. The van der Waals surface area contributed by atoms with Crippen LogP contribution >= 0.6 is 0 Å². The van der Waals surface area contributed by atoms with Crippen molar-refractivity contribution in [2.45, 2.75) is 60.4 Å². The first-order valence-electron chi connectivity index (χ1n) is 7.95. The van der Waals surface area contributed by atoms with Crippen molar-refractivity contribution in [3.63, 3.8) is 0 Å². The highest BCUT2D eigenvalue weighted by Crippen LogP contribution is 2.34. The summed E-state index contributed by atoms with van der Waals surface area (Å²) in [5.41, 5.74) is 0.589. The lowest BCUT2D eigenvalue weighted by Gasteiger charge is -2.47. The molecular weight excluding hydrogens is 220 g/mol. The number of hydrogen-bond acceptors (Lipinski definition) is 2. The van der Waals surface area contributed by atoms with Crippen LogP contribution in [0.2, 0.25) is 0 Å². The standard InChI is InChI=1S/C14H28N2.C2H6/c1-12(2)16-7-5-14(4,6-8-16)11-15-9-13(3)10-15;1-2/h12-13H,5-11H2,1-4H3;1-2H3. The molecular formula is C16H34N2. The molecule has 18 heavy (non-hydrogen) atoms. The maximum absolute atomic E-state index is 2.65. The highest BCUT2D eigenvalue weighted by molar-refractivity contribution is 4.89. The average molecular weight is 254 g/mol. The second kappa shape index (κ2) is 6.91. The van der Waals surface area contributed by atoms with Crippen LogP contribution in [-0.2, 0) is 0 Å². The van der Waals surface area contributed by atoms with Gasteiger partial charge in [-0.1, -0.05) is 27.7 Å². The molecule has 0 atom stereocenters. The Hall–Kier alpha value is -0.0800. The molecule has 0 saturated carbocycles. The molecule has 0 N–H and O–H groups in total. The van der Waals surface area contributed by atoms with Gasteiger partial charge in [0.25, 0.3) is 0 Å². The Kier molecular flexibility index (Phi) is 6.13. The first-order chi connectivity index (χ1) is 8.48. The Bertz CT molecular complexity index is 223. The first-order valence-corrected chi connectivity index (χ1v) is 7.95. The van der Waals surface area contributed by atoms with Gasteiger partial charge in [-0.3, -0.25) is 0 Å². The second-order valence-corrected chi connectivity index (χ2v) is 6.74. The second-order valence-electron chi connectivity index (χ2n) is 6.74. The average Bonchev–Trinajstić information content (AvgIpc) is 2.30. The summed E-state index contributed by atoms with van der Waals surface area (Å²) in [7, 11) is 0. The summed E-state index contributed by atoms with van der Waals surface area (Å²) in [6, 6.07) is 0.730. The molecule has 0 bridgehead atoms. The van der Waals surface area contributed by atoms with Gasteiger partial charge in [0, 0.05) is 25.7 Å². The number of likely N-dealkylation sites (tertiary alicyclic amines) is 2. The molecule has 0 aromatic rings. The van der Waals surface area contributed by atoms with Crippen molar-refractivity contribution in [2.24, 2.45) is 11.3 Å². The van der Waals surface area contributed by atoms with Crippen molar-refractivity contribution < 1.29 is 0 Å². The molecule has 2 saturated heterocycles. The highest BCUT2D eigenvalue weighted by Gasteiger charge is 2.35. The van der Waals surface area contributed by atoms with Crippen LogP contribution in [0.5, 0.6) is 0 Å². The molecule has 2 heteroatoms. The van der Waals surface area contributed by atoms with E-state index in [2.05, 4.69) is 37.5 Å². The van der Waals surface area contributed by atoms with Gasteiger partial charge in [0.1, 0.15) is 0 Å². The molecule has 0 unspecified atom stereocenters. The van der Waals surface area contributed by atoms with Gasteiger partial charge in [-0.05, 0) is 51.1 Å². The van der Waals surface area contributed by atoms with Crippen molar-refractivity contribution in [3.05, 3.63) is 0 Å². The van der Waals surface area contributed by atoms with Crippen LogP contribution in [0.3, 0.4) is 0 Å². The van der Waals surface area contributed by atoms with Crippen LogP contribution in [0.15, 0.2) is 0 Å². The minimum Gasteiger partial charge on any atom is -0.302 e. The number of rotatable bonds is 3. The Balaban J connectivity index is 0.000000771. The predicted octanol–water partition coefficient (Wildman–Crippen LogP) is 3.47. The molecule has 0 amide bonds. The van der Waals surface area contributed by atoms with Gasteiger partial charge in [0.2, 0.25) is 0 Å². The maximum atomic E-state index is 2.65. The normalized spacial score (nSPS) is 25.5. The molecule has 0 aliphatic carbocycles. The van der Waals surface area contributed by atoms with Crippen LogP contribution in [0, 0.1) is 11.3 Å². The van der Waals surface area contributed by atoms with E-state index in [1.807, 2.05) is 13.8 Å². The van der Waals surface area contributed by atoms with E-state index in [4.69, 9.17) is 0 Å².